The van der Waals surface area contributed by atoms with Gasteiger partial charge in [0.2, 0.25) is 0 Å². The normalized spacial score (nSPS) is 12.9. The molecule has 1 aromatic rings. The van der Waals surface area contributed by atoms with Crippen LogP contribution in [0.15, 0.2) is 22.7 Å². The lowest BCUT2D eigenvalue weighted by atomic mass is 10.1. The summed E-state index contributed by atoms with van der Waals surface area (Å²) in [5.74, 6) is 0. The third kappa shape index (κ3) is 3.40. The van der Waals surface area contributed by atoms with E-state index in [0.717, 1.165) is 11.0 Å². The summed E-state index contributed by atoms with van der Waals surface area (Å²) in [4.78, 5) is 0. The van der Waals surface area contributed by atoms with Crippen molar-refractivity contribution >= 4 is 15.9 Å². The second kappa shape index (κ2) is 5.49. The van der Waals surface area contributed by atoms with Gasteiger partial charge in [0.25, 0.3) is 0 Å². The zero-order valence-electron chi connectivity index (χ0n) is 8.68. The van der Waals surface area contributed by atoms with Crippen LogP contribution in [0.5, 0.6) is 0 Å². The Labute approximate surface area is 94.0 Å². The Morgan fingerprint density at radius 2 is 2.21 bits per heavy atom. The Kier molecular flexibility index (Phi) is 4.58. The molecule has 0 spiro atoms. The smallest absolute Gasteiger partial charge is 0.0208 e. The van der Waals surface area contributed by atoms with Crippen molar-refractivity contribution < 1.29 is 0 Å². The average Bonchev–Trinajstić information content (AvgIpc) is 2.19. The number of aryl methyl sites for hydroxylation is 1. The van der Waals surface area contributed by atoms with Gasteiger partial charge in [0.05, 0.1) is 0 Å². The first-order valence-electron chi connectivity index (χ1n) is 4.82. The van der Waals surface area contributed by atoms with Gasteiger partial charge in [-0.3, -0.25) is 0 Å². The predicted molar refractivity (Wildman–Crippen MR) is 64.2 cm³/mol. The van der Waals surface area contributed by atoms with E-state index in [0.29, 0.717) is 12.6 Å². The third-order valence-corrected chi connectivity index (χ3v) is 3.12. The maximum absolute atomic E-state index is 5.52. The third-order valence-electron chi connectivity index (χ3n) is 2.23. The fraction of sp³-hybridized carbons (Fsp3) is 0.455. The molecular formula is C11H17BrN2. The molecule has 0 aliphatic rings. The maximum atomic E-state index is 5.52. The number of hydrogen-bond donors (Lipinski definition) is 2. The summed E-state index contributed by atoms with van der Waals surface area (Å²) in [6.45, 7) is 5.74. The molecule has 2 nitrogen and oxygen atoms in total. The lowest BCUT2D eigenvalue weighted by Crippen LogP contribution is -2.32. The summed E-state index contributed by atoms with van der Waals surface area (Å²) in [6, 6.07) is 6.76. The SMILES string of the molecule is Cc1cc(CN[C@@H](C)CN)ccc1Br. The molecule has 1 atom stereocenters. The number of benzene rings is 1. The second-order valence-electron chi connectivity index (χ2n) is 3.60. The zero-order valence-corrected chi connectivity index (χ0v) is 10.3. The first-order chi connectivity index (χ1) is 6.63. The Balaban J connectivity index is 2.55. The van der Waals surface area contributed by atoms with Gasteiger partial charge < -0.3 is 11.1 Å². The first-order valence-corrected chi connectivity index (χ1v) is 5.61. The molecule has 0 aliphatic carbocycles. The molecule has 0 unspecified atom stereocenters. The van der Waals surface area contributed by atoms with Gasteiger partial charge in [0.1, 0.15) is 0 Å². The molecule has 3 heteroatoms. The van der Waals surface area contributed by atoms with Crippen molar-refractivity contribution in [1.29, 1.82) is 0 Å². The van der Waals surface area contributed by atoms with Crippen molar-refractivity contribution in [3.05, 3.63) is 33.8 Å². The van der Waals surface area contributed by atoms with Crippen LogP contribution in [0.1, 0.15) is 18.1 Å². The Bertz CT molecular complexity index is 299. The monoisotopic (exact) mass is 256 g/mol. The summed E-state index contributed by atoms with van der Waals surface area (Å²) >= 11 is 3.48. The highest BCUT2D eigenvalue weighted by Crippen LogP contribution is 2.16. The molecule has 14 heavy (non-hydrogen) atoms. The molecule has 0 amide bonds. The van der Waals surface area contributed by atoms with Crippen LogP contribution in [-0.4, -0.2) is 12.6 Å². The summed E-state index contributed by atoms with van der Waals surface area (Å²) in [5.41, 5.74) is 8.09. The van der Waals surface area contributed by atoms with Crippen molar-refractivity contribution in [2.75, 3.05) is 6.54 Å². The minimum Gasteiger partial charge on any atom is -0.329 e. The van der Waals surface area contributed by atoms with Crippen molar-refractivity contribution in [1.82, 2.24) is 5.32 Å². The minimum atomic E-state index is 0.374. The van der Waals surface area contributed by atoms with Gasteiger partial charge in [-0.05, 0) is 31.0 Å². The maximum Gasteiger partial charge on any atom is 0.0208 e. The molecule has 0 saturated carbocycles. The van der Waals surface area contributed by atoms with Crippen LogP contribution in [-0.2, 0) is 6.54 Å². The molecule has 3 N–H and O–H groups in total. The molecule has 0 saturated heterocycles. The summed E-state index contributed by atoms with van der Waals surface area (Å²) in [7, 11) is 0. The summed E-state index contributed by atoms with van der Waals surface area (Å²) in [6.07, 6.45) is 0. The van der Waals surface area contributed by atoms with Crippen LogP contribution in [0.25, 0.3) is 0 Å². The fourth-order valence-electron chi connectivity index (χ4n) is 1.19. The van der Waals surface area contributed by atoms with Gasteiger partial charge in [0.15, 0.2) is 0 Å². The molecule has 1 aromatic carbocycles. The number of nitrogens with two attached hydrogens (primary N) is 1. The zero-order chi connectivity index (χ0) is 10.6. The van der Waals surface area contributed by atoms with Crippen molar-refractivity contribution in [3.8, 4) is 0 Å². The summed E-state index contributed by atoms with van der Waals surface area (Å²) in [5, 5.41) is 3.35. The summed E-state index contributed by atoms with van der Waals surface area (Å²) < 4.78 is 1.16. The molecule has 1 rings (SSSR count). The van der Waals surface area contributed by atoms with Crippen LogP contribution < -0.4 is 11.1 Å². The lowest BCUT2D eigenvalue weighted by Gasteiger charge is -2.11. The Morgan fingerprint density at radius 1 is 1.50 bits per heavy atom. The molecule has 0 aromatic heterocycles. The van der Waals surface area contributed by atoms with E-state index in [-0.39, 0.29) is 0 Å². The van der Waals surface area contributed by atoms with E-state index >= 15 is 0 Å². The molecule has 0 bridgehead atoms. The van der Waals surface area contributed by atoms with Gasteiger partial charge in [0, 0.05) is 23.6 Å². The van der Waals surface area contributed by atoms with Crippen LogP contribution in [0, 0.1) is 6.92 Å². The van der Waals surface area contributed by atoms with Crippen molar-refractivity contribution in [3.63, 3.8) is 0 Å². The first kappa shape index (κ1) is 11.7. The molecule has 0 heterocycles. The van der Waals surface area contributed by atoms with Gasteiger partial charge in [-0.2, -0.15) is 0 Å². The van der Waals surface area contributed by atoms with Crippen molar-refractivity contribution in [2.24, 2.45) is 5.73 Å². The van der Waals surface area contributed by atoms with E-state index in [4.69, 9.17) is 5.73 Å². The van der Waals surface area contributed by atoms with E-state index in [1.807, 2.05) is 0 Å². The molecular weight excluding hydrogens is 240 g/mol. The van der Waals surface area contributed by atoms with E-state index in [1.165, 1.54) is 11.1 Å². The lowest BCUT2D eigenvalue weighted by molar-refractivity contribution is 0.556. The van der Waals surface area contributed by atoms with Gasteiger partial charge in [-0.25, -0.2) is 0 Å². The highest BCUT2D eigenvalue weighted by molar-refractivity contribution is 9.10. The topological polar surface area (TPSA) is 38.0 Å². The molecule has 0 fully saturated rings. The van der Waals surface area contributed by atoms with E-state index in [9.17, 15) is 0 Å². The fourth-order valence-corrected chi connectivity index (χ4v) is 1.44. The van der Waals surface area contributed by atoms with Crippen LogP contribution >= 0.6 is 15.9 Å². The molecule has 0 radical (unpaired) electrons. The van der Waals surface area contributed by atoms with Gasteiger partial charge in [-0.15, -0.1) is 0 Å². The predicted octanol–water partition coefficient (Wildman–Crippen LogP) is 2.19. The number of halogens is 1. The van der Waals surface area contributed by atoms with E-state index in [1.54, 1.807) is 0 Å². The number of nitrogens with one attached hydrogen (secondary N) is 1. The highest BCUT2D eigenvalue weighted by atomic mass is 79.9. The number of rotatable bonds is 4. The minimum absolute atomic E-state index is 0.374. The largest absolute Gasteiger partial charge is 0.329 e. The van der Waals surface area contributed by atoms with E-state index < -0.39 is 0 Å². The van der Waals surface area contributed by atoms with Gasteiger partial charge >= 0.3 is 0 Å². The molecule has 78 valence electrons. The van der Waals surface area contributed by atoms with E-state index in [2.05, 4.69) is 53.3 Å². The molecule has 0 aliphatic heterocycles. The standard InChI is InChI=1S/C11H17BrN2/c1-8-5-10(3-4-11(8)12)7-14-9(2)6-13/h3-5,9,14H,6-7,13H2,1-2H3/t9-/m0/s1. The number of hydrogen-bond acceptors (Lipinski definition) is 2. The average molecular weight is 257 g/mol. The Morgan fingerprint density at radius 3 is 2.79 bits per heavy atom. The Hall–Kier alpha value is -0.380. The van der Waals surface area contributed by atoms with Crippen molar-refractivity contribution in [2.45, 2.75) is 26.4 Å². The quantitative estimate of drug-likeness (QED) is 0.867. The van der Waals surface area contributed by atoms with Crippen LogP contribution in [0.3, 0.4) is 0 Å². The van der Waals surface area contributed by atoms with Crippen LogP contribution in [0.2, 0.25) is 0 Å². The van der Waals surface area contributed by atoms with Gasteiger partial charge in [-0.1, -0.05) is 28.1 Å². The highest BCUT2D eigenvalue weighted by Gasteiger charge is 2.00. The second-order valence-corrected chi connectivity index (χ2v) is 4.46. The van der Waals surface area contributed by atoms with Crippen LogP contribution in [0.4, 0.5) is 0 Å².